The van der Waals surface area contributed by atoms with Gasteiger partial charge in [-0.25, -0.2) is 0 Å². The molecule has 9 heteroatoms. The molecule has 8 nitrogen and oxygen atoms in total. The van der Waals surface area contributed by atoms with Gasteiger partial charge in [0.15, 0.2) is 5.76 Å². The first-order chi connectivity index (χ1) is 11.1. The highest BCUT2D eigenvalue weighted by Gasteiger charge is 2.10. The number of hydrogen-bond acceptors (Lipinski definition) is 4. The Morgan fingerprint density at radius 3 is 2.70 bits per heavy atom. The highest BCUT2D eigenvalue weighted by molar-refractivity contribution is 9.10. The third-order valence-corrected chi connectivity index (χ3v) is 3.28. The van der Waals surface area contributed by atoms with Gasteiger partial charge in [0.25, 0.3) is 11.8 Å². The fourth-order valence-electron chi connectivity index (χ4n) is 1.70. The Kier molecular flexibility index (Phi) is 5.98. The molecule has 0 unspecified atom stereocenters. The minimum atomic E-state index is -0.449. The normalized spacial score (nSPS) is 10.1. The van der Waals surface area contributed by atoms with Crippen LogP contribution in [0.25, 0.3) is 0 Å². The molecule has 0 fully saturated rings. The predicted molar refractivity (Wildman–Crippen MR) is 84.4 cm³/mol. The number of rotatable bonds is 6. The zero-order valence-electron chi connectivity index (χ0n) is 12.0. The van der Waals surface area contributed by atoms with Crippen molar-refractivity contribution in [3.05, 3.63) is 46.6 Å². The van der Waals surface area contributed by atoms with Gasteiger partial charge in [-0.05, 0) is 40.5 Å². The van der Waals surface area contributed by atoms with Gasteiger partial charge in [-0.15, -0.1) is 0 Å². The summed E-state index contributed by atoms with van der Waals surface area (Å²) < 4.78 is 5.67. The fraction of sp³-hybridized carbons (Fsp3) is 0.214. The van der Waals surface area contributed by atoms with Gasteiger partial charge in [0, 0.05) is 23.6 Å². The summed E-state index contributed by atoms with van der Waals surface area (Å²) in [6.07, 6.45) is 3.61. The van der Waals surface area contributed by atoms with Crippen molar-refractivity contribution in [2.45, 2.75) is 12.8 Å². The SMILES string of the molecule is O=C(CCCNC(=O)c1ccco1)NNC(=O)c1cc(Br)c[nH]1. The maximum atomic E-state index is 11.7. The second-order valence-electron chi connectivity index (χ2n) is 4.57. The highest BCUT2D eigenvalue weighted by Crippen LogP contribution is 2.09. The number of aromatic amines is 1. The van der Waals surface area contributed by atoms with E-state index in [9.17, 15) is 14.4 Å². The lowest BCUT2D eigenvalue weighted by atomic mass is 10.3. The Morgan fingerprint density at radius 1 is 1.22 bits per heavy atom. The molecule has 0 bridgehead atoms. The highest BCUT2D eigenvalue weighted by atomic mass is 79.9. The summed E-state index contributed by atoms with van der Waals surface area (Å²) in [6.45, 7) is 0.324. The predicted octanol–water partition coefficient (Wildman–Crippen LogP) is 1.34. The molecule has 2 rings (SSSR count). The van der Waals surface area contributed by atoms with Crippen LogP contribution in [0.5, 0.6) is 0 Å². The monoisotopic (exact) mass is 382 g/mol. The zero-order valence-corrected chi connectivity index (χ0v) is 13.6. The van der Waals surface area contributed by atoms with E-state index in [1.165, 1.54) is 6.26 Å². The van der Waals surface area contributed by atoms with Gasteiger partial charge < -0.3 is 14.7 Å². The number of carbonyl (C=O) groups excluding carboxylic acids is 3. The Labute approximate surface area is 140 Å². The van der Waals surface area contributed by atoms with Gasteiger partial charge in [-0.3, -0.25) is 25.2 Å². The molecule has 0 aliphatic heterocycles. The third-order valence-electron chi connectivity index (χ3n) is 2.82. The van der Waals surface area contributed by atoms with Crippen LogP contribution in [-0.2, 0) is 4.79 Å². The first kappa shape index (κ1) is 16.8. The van der Waals surface area contributed by atoms with Gasteiger partial charge in [0.2, 0.25) is 5.91 Å². The molecule has 0 saturated heterocycles. The van der Waals surface area contributed by atoms with Gasteiger partial charge in [0.05, 0.1) is 6.26 Å². The number of furan rings is 1. The molecule has 23 heavy (non-hydrogen) atoms. The van der Waals surface area contributed by atoms with Crippen molar-refractivity contribution in [3.63, 3.8) is 0 Å². The smallest absolute Gasteiger partial charge is 0.286 e. The molecule has 122 valence electrons. The standard InChI is InChI=1S/C14H15BrN4O4/c15-9-7-10(17-8-9)13(21)19-18-12(20)4-1-5-16-14(22)11-3-2-6-23-11/h2-3,6-8,17H,1,4-5H2,(H,16,22)(H,18,20)(H,19,21). The van der Waals surface area contributed by atoms with E-state index in [1.54, 1.807) is 24.4 Å². The van der Waals surface area contributed by atoms with Crippen molar-refractivity contribution < 1.29 is 18.8 Å². The molecule has 0 atom stereocenters. The van der Waals surface area contributed by atoms with Crippen LogP contribution in [0.2, 0.25) is 0 Å². The number of hydrogen-bond donors (Lipinski definition) is 4. The summed E-state index contributed by atoms with van der Waals surface area (Å²) in [5.74, 6) is -0.911. The molecular formula is C14H15BrN4O4. The Bertz CT molecular complexity index is 681. The molecule has 2 heterocycles. The Balaban J connectivity index is 1.60. The van der Waals surface area contributed by atoms with Gasteiger partial charge in [-0.1, -0.05) is 0 Å². The van der Waals surface area contributed by atoms with E-state index in [4.69, 9.17) is 4.42 Å². The number of carbonyl (C=O) groups is 3. The Morgan fingerprint density at radius 2 is 2.04 bits per heavy atom. The quantitative estimate of drug-likeness (QED) is 0.445. The van der Waals surface area contributed by atoms with Crippen LogP contribution < -0.4 is 16.2 Å². The molecule has 0 saturated carbocycles. The lowest BCUT2D eigenvalue weighted by molar-refractivity contribution is -0.121. The second-order valence-corrected chi connectivity index (χ2v) is 5.49. The summed E-state index contributed by atoms with van der Waals surface area (Å²) in [4.78, 5) is 37.5. The summed E-state index contributed by atoms with van der Waals surface area (Å²) in [7, 11) is 0. The van der Waals surface area contributed by atoms with Crippen molar-refractivity contribution in [3.8, 4) is 0 Å². The van der Waals surface area contributed by atoms with E-state index in [0.29, 0.717) is 18.7 Å². The maximum Gasteiger partial charge on any atom is 0.286 e. The van der Waals surface area contributed by atoms with Crippen LogP contribution in [0.3, 0.4) is 0 Å². The first-order valence-corrected chi connectivity index (χ1v) is 7.60. The van der Waals surface area contributed by atoms with Crippen molar-refractivity contribution in [2.75, 3.05) is 6.54 Å². The largest absolute Gasteiger partial charge is 0.459 e. The van der Waals surface area contributed by atoms with E-state index < -0.39 is 5.91 Å². The number of aromatic nitrogens is 1. The minimum absolute atomic E-state index is 0.160. The number of nitrogens with one attached hydrogen (secondary N) is 4. The number of amides is 3. The molecule has 2 aromatic heterocycles. The average Bonchev–Trinajstić information content (AvgIpc) is 3.20. The summed E-state index contributed by atoms with van der Waals surface area (Å²) in [5, 5.41) is 2.62. The topological polar surface area (TPSA) is 116 Å². The first-order valence-electron chi connectivity index (χ1n) is 6.81. The van der Waals surface area contributed by atoms with Crippen molar-refractivity contribution in [1.29, 1.82) is 0 Å². The van der Waals surface area contributed by atoms with Crippen LogP contribution in [0.15, 0.2) is 39.5 Å². The molecule has 2 aromatic rings. The average molecular weight is 383 g/mol. The second kappa shape index (κ2) is 8.18. The van der Waals surface area contributed by atoms with Crippen LogP contribution in [0.4, 0.5) is 0 Å². The van der Waals surface area contributed by atoms with E-state index in [1.807, 2.05) is 0 Å². The zero-order chi connectivity index (χ0) is 16.7. The summed E-state index contributed by atoms with van der Waals surface area (Å²) in [5.41, 5.74) is 4.91. The van der Waals surface area contributed by atoms with Gasteiger partial charge in [0.1, 0.15) is 5.69 Å². The van der Waals surface area contributed by atoms with Crippen LogP contribution >= 0.6 is 15.9 Å². The van der Waals surface area contributed by atoms with Gasteiger partial charge in [-0.2, -0.15) is 0 Å². The molecule has 0 spiro atoms. The van der Waals surface area contributed by atoms with Crippen LogP contribution in [0.1, 0.15) is 33.9 Å². The number of H-pyrrole nitrogens is 1. The maximum absolute atomic E-state index is 11.7. The van der Waals surface area contributed by atoms with Crippen molar-refractivity contribution >= 4 is 33.7 Å². The molecule has 0 radical (unpaired) electrons. The molecule has 3 amide bonds. The lowest BCUT2D eigenvalue weighted by Gasteiger charge is -2.06. The van der Waals surface area contributed by atoms with Crippen molar-refractivity contribution in [2.24, 2.45) is 0 Å². The van der Waals surface area contributed by atoms with E-state index in [-0.39, 0.29) is 24.0 Å². The van der Waals surface area contributed by atoms with E-state index >= 15 is 0 Å². The summed E-state index contributed by atoms with van der Waals surface area (Å²) in [6, 6.07) is 4.76. The van der Waals surface area contributed by atoms with E-state index in [0.717, 1.165) is 4.47 Å². The van der Waals surface area contributed by atoms with Gasteiger partial charge >= 0.3 is 0 Å². The van der Waals surface area contributed by atoms with E-state index in [2.05, 4.69) is 37.1 Å². The number of hydrazine groups is 1. The molecule has 4 N–H and O–H groups in total. The lowest BCUT2D eigenvalue weighted by Crippen LogP contribution is -2.41. The van der Waals surface area contributed by atoms with Crippen LogP contribution in [-0.4, -0.2) is 29.3 Å². The summed E-state index contributed by atoms with van der Waals surface area (Å²) >= 11 is 3.21. The Hall–Kier alpha value is -2.55. The molecule has 0 aliphatic carbocycles. The molecule has 0 aliphatic rings. The molecule has 0 aromatic carbocycles. The fourth-order valence-corrected chi connectivity index (χ4v) is 2.04. The van der Waals surface area contributed by atoms with Crippen LogP contribution in [0, 0.1) is 0 Å². The van der Waals surface area contributed by atoms with Crippen molar-refractivity contribution in [1.82, 2.24) is 21.2 Å². The number of halogens is 1. The third kappa shape index (κ3) is 5.29. The minimum Gasteiger partial charge on any atom is -0.459 e. The molecular weight excluding hydrogens is 368 g/mol.